The molecule has 1 amide bonds. The molecule has 0 radical (unpaired) electrons. The zero-order chi connectivity index (χ0) is 20.0. The number of rotatable bonds is 7. The third-order valence-electron chi connectivity index (χ3n) is 4.32. The van der Waals surface area contributed by atoms with E-state index in [-0.39, 0.29) is 18.9 Å². The van der Waals surface area contributed by atoms with E-state index >= 15 is 0 Å². The van der Waals surface area contributed by atoms with Gasteiger partial charge < -0.3 is 10.1 Å². The monoisotopic (exact) mass is 387 g/mol. The predicted molar refractivity (Wildman–Crippen MR) is 107 cm³/mol. The lowest BCUT2D eigenvalue weighted by atomic mass is 10.1. The van der Waals surface area contributed by atoms with Crippen LogP contribution in [0.1, 0.15) is 34.5 Å². The smallest absolute Gasteiger partial charge is 0.306 e. The van der Waals surface area contributed by atoms with Gasteiger partial charge in [-0.05, 0) is 69.2 Å². The molecule has 1 heterocycles. The molecular weight excluding hydrogens is 362 g/mol. The number of nitrogens with zero attached hydrogens (tertiary/aromatic N) is 2. The Balaban J connectivity index is 1.82. The topological polar surface area (TPSA) is 81.2 Å². The number of benzene rings is 1. The number of nitrogens with one attached hydrogen (secondary N) is 1. The number of carbonyl (C=O) groups excluding carboxylic acids is 2. The Bertz CT molecular complexity index is 829. The second-order valence-corrected chi connectivity index (χ2v) is 7.14. The van der Waals surface area contributed by atoms with Gasteiger partial charge in [0.05, 0.1) is 0 Å². The lowest BCUT2D eigenvalue weighted by Crippen LogP contribution is -2.21. The van der Waals surface area contributed by atoms with Crippen molar-refractivity contribution in [2.24, 2.45) is 0 Å². The maximum atomic E-state index is 12.0. The maximum absolute atomic E-state index is 12.0. The van der Waals surface area contributed by atoms with E-state index in [1.807, 2.05) is 52.1 Å². The van der Waals surface area contributed by atoms with Gasteiger partial charge in [0, 0.05) is 23.5 Å². The zero-order valence-corrected chi connectivity index (χ0v) is 17.2. The molecule has 27 heavy (non-hydrogen) atoms. The number of carbonyl (C=O) groups is 2. The summed E-state index contributed by atoms with van der Waals surface area (Å²) in [6.45, 7) is 7.50. The highest BCUT2D eigenvalue weighted by atomic mass is 32.2. The summed E-state index contributed by atoms with van der Waals surface area (Å²) < 4.78 is 5.08. The maximum Gasteiger partial charge on any atom is 0.306 e. The highest BCUT2D eigenvalue weighted by molar-refractivity contribution is 7.98. The third-order valence-corrected chi connectivity index (χ3v) is 4.86. The van der Waals surface area contributed by atoms with Crippen LogP contribution in [0.15, 0.2) is 23.4 Å². The van der Waals surface area contributed by atoms with Crippen LogP contribution in [0.2, 0.25) is 0 Å². The van der Waals surface area contributed by atoms with Gasteiger partial charge in [-0.3, -0.25) is 9.59 Å². The summed E-state index contributed by atoms with van der Waals surface area (Å²) in [6.07, 6.45) is 2.60. The summed E-state index contributed by atoms with van der Waals surface area (Å²) in [5, 5.41) is 3.45. The zero-order valence-electron chi connectivity index (χ0n) is 16.4. The predicted octanol–water partition coefficient (Wildman–Crippen LogP) is 3.55. The summed E-state index contributed by atoms with van der Waals surface area (Å²) in [6, 6.07) is 5.65. The van der Waals surface area contributed by atoms with Crippen molar-refractivity contribution in [3.8, 4) is 0 Å². The second-order valence-electron chi connectivity index (χ2n) is 6.37. The Morgan fingerprint density at radius 2 is 1.74 bits per heavy atom. The molecule has 7 heteroatoms. The van der Waals surface area contributed by atoms with E-state index in [1.165, 1.54) is 11.8 Å². The highest BCUT2D eigenvalue weighted by Crippen LogP contribution is 2.17. The lowest BCUT2D eigenvalue weighted by molar-refractivity contribution is -0.147. The molecule has 1 N–H and O–H groups in total. The number of amides is 1. The fraction of sp³-hybridized carbons (Fsp3) is 0.400. The molecule has 0 spiro atoms. The van der Waals surface area contributed by atoms with Crippen molar-refractivity contribution in [3.05, 3.63) is 46.3 Å². The van der Waals surface area contributed by atoms with Gasteiger partial charge in [-0.2, -0.15) is 0 Å². The van der Waals surface area contributed by atoms with Crippen LogP contribution in [-0.2, 0) is 20.7 Å². The molecule has 0 unspecified atom stereocenters. The molecule has 0 aliphatic carbocycles. The van der Waals surface area contributed by atoms with E-state index in [9.17, 15) is 9.59 Å². The summed E-state index contributed by atoms with van der Waals surface area (Å²) in [4.78, 5) is 32.7. The van der Waals surface area contributed by atoms with E-state index < -0.39 is 5.97 Å². The van der Waals surface area contributed by atoms with Crippen LogP contribution in [0.3, 0.4) is 0 Å². The molecule has 0 aliphatic heterocycles. The fourth-order valence-corrected chi connectivity index (χ4v) is 3.08. The van der Waals surface area contributed by atoms with Crippen LogP contribution in [0.5, 0.6) is 0 Å². The van der Waals surface area contributed by atoms with Crippen molar-refractivity contribution in [2.75, 3.05) is 18.2 Å². The van der Waals surface area contributed by atoms with E-state index in [2.05, 4.69) is 15.3 Å². The molecule has 1 aromatic heterocycles. The molecule has 144 valence electrons. The van der Waals surface area contributed by atoms with E-state index in [1.54, 1.807) is 0 Å². The highest BCUT2D eigenvalue weighted by Gasteiger charge is 2.13. The van der Waals surface area contributed by atoms with Crippen LogP contribution >= 0.6 is 11.8 Å². The van der Waals surface area contributed by atoms with Gasteiger partial charge in [-0.25, -0.2) is 9.97 Å². The normalized spacial score (nSPS) is 10.6. The molecule has 0 aliphatic rings. The van der Waals surface area contributed by atoms with Crippen LogP contribution in [0, 0.1) is 27.7 Å². The average Bonchev–Trinajstić information content (AvgIpc) is 2.62. The van der Waals surface area contributed by atoms with Gasteiger partial charge in [0.2, 0.25) is 0 Å². The Labute approximate surface area is 164 Å². The number of esters is 1. The summed E-state index contributed by atoms with van der Waals surface area (Å²) in [5.41, 5.74) is 5.62. The Hall–Kier alpha value is -2.41. The Kier molecular flexibility index (Phi) is 7.36. The molecular formula is C20H25N3O3S. The van der Waals surface area contributed by atoms with Crippen LogP contribution in [0.25, 0.3) is 0 Å². The van der Waals surface area contributed by atoms with Crippen molar-refractivity contribution in [1.82, 2.24) is 9.97 Å². The third kappa shape index (κ3) is 6.06. The number of hydrogen-bond donors (Lipinski definition) is 1. The first-order valence-corrected chi connectivity index (χ1v) is 9.93. The van der Waals surface area contributed by atoms with Gasteiger partial charge in [-0.1, -0.05) is 17.8 Å². The molecule has 0 bridgehead atoms. The average molecular weight is 388 g/mol. The van der Waals surface area contributed by atoms with Crippen molar-refractivity contribution in [1.29, 1.82) is 0 Å². The quantitative estimate of drug-likeness (QED) is 0.445. The number of aryl methyl sites for hydroxylation is 4. The number of anilines is 1. The molecule has 6 nitrogen and oxygen atoms in total. The van der Waals surface area contributed by atoms with E-state index in [0.717, 1.165) is 33.2 Å². The molecule has 2 rings (SSSR count). The van der Waals surface area contributed by atoms with E-state index in [0.29, 0.717) is 12.1 Å². The van der Waals surface area contributed by atoms with Gasteiger partial charge in [0.25, 0.3) is 5.91 Å². The SMILES string of the molecule is CSc1nc(C)c(CCC(=O)OCC(=O)Nc2ccc(C)c(C)c2)c(C)n1. The lowest BCUT2D eigenvalue weighted by Gasteiger charge is -2.10. The first-order valence-electron chi connectivity index (χ1n) is 8.71. The van der Waals surface area contributed by atoms with Gasteiger partial charge >= 0.3 is 5.97 Å². The largest absolute Gasteiger partial charge is 0.456 e. The number of thioether (sulfide) groups is 1. The number of aromatic nitrogens is 2. The molecule has 0 saturated heterocycles. The Morgan fingerprint density at radius 1 is 1.07 bits per heavy atom. The summed E-state index contributed by atoms with van der Waals surface area (Å²) in [5.74, 6) is -0.774. The second kappa shape index (κ2) is 9.50. The van der Waals surface area contributed by atoms with Crippen LogP contribution in [-0.4, -0.2) is 34.7 Å². The number of ether oxygens (including phenoxy) is 1. The van der Waals surface area contributed by atoms with Crippen LogP contribution < -0.4 is 5.32 Å². The summed E-state index contributed by atoms with van der Waals surface area (Å²) >= 11 is 1.49. The molecule has 1 aromatic carbocycles. The Morgan fingerprint density at radius 3 is 2.33 bits per heavy atom. The standard InChI is InChI=1S/C20H25N3O3S/c1-12-6-7-16(10-13(12)2)23-18(24)11-26-19(25)9-8-17-14(3)21-20(27-5)22-15(17)4/h6-7,10H,8-9,11H2,1-5H3,(H,23,24). The van der Waals surface area contributed by atoms with Gasteiger partial charge in [-0.15, -0.1) is 0 Å². The van der Waals surface area contributed by atoms with Crippen molar-refractivity contribution in [2.45, 2.75) is 45.7 Å². The summed E-state index contributed by atoms with van der Waals surface area (Å²) in [7, 11) is 0. The molecule has 0 saturated carbocycles. The van der Waals surface area contributed by atoms with Crippen molar-refractivity contribution < 1.29 is 14.3 Å². The van der Waals surface area contributed by atoms with Crippen molar-refractivity contribution in [3.63, 3.8) is 0 Å². The first kappa shape index (κ1) is 20.9. The molecule has 0 atom stereocenters. The van der Waals surface area contributed by atoms with Crippen molar-refractivity contribution >= 4 is 29.3 Å². The molecule has 2 aromatic rings. The van der Waals surface area contributed by atoms with Gasteiger partial charge in [0.15, 0.2) is 11.8 Å². The molecule has 0 fully saturated rings. The van der Waals surface area contributed by atoms with E-state index in [4.69, 9.17) is 4.74 Å². The fourth-order valence-electron chi connectivity index (χ4n) is 2.62. The van der Waals surface area contributed by atoms with Gasteiger partial charge in [0.1, 0.15) is 0 Å². The minimum Gasteiger partial charge on any atom is -0.456 e. The minimum absolute atomic E-state index is 0.181. The minimum atomic E-state index is -0.419. The first-order chi connectivity index (χ1) is 12.8. The van der Waals surface area contributed by atoms with Crippen LogP contribution in [0.4, 0.5) is 5.69 Å². The number of hydrogen-bond acceptors (Lipinski definition) is 6.